The van der Waals surface area contributed by atoms with Gasteiger partial charge in [0.25, 0.3) is 5.91 Å². The summed E-state index contributed by atoms with van der Waals surface area (Å²) in [7, 11) is 0. The third kappa shape index (κ3) is 2.96. The van der Waals surface area contributed by atoms with Crippen molar-refractivity contribution in [3.63, 3.8) is 0 Å². The molecule has 0 saturated carbocycles. The fourth-order valence-corrected chi connectivity index (χ4v) is 1.94. The summed E-state index contributed by atoms with van der Waals surface area (Å²) in [5, 5.41) is 0. The van der Waals surface area contributed by atoms with Crippen molar-refractivity contribution in [1.82, 2.24) is 0 Å². The number of nitrogens with two attached hydrogens (primary N) is 1. The van der Waals surface area contributed by atoms with E-state index in [1.165, 1.54) is 6.26 Å². The monoisotopic (exact) mass is 258 g/mol. The number of nitrogens with zero attached hydrogens (tertiary/aromatic N) is 1. The van der Waals surface area contributed by atoms with Crippen LogP contribution in [0.4, 0.5) is 11.4 Å². The fraction of sp³-hybridized carbons (Fsp3) is 0.267. The lowest BCUT2D eigenvalue weighted by Gasteiger charge is -2.21. The minimum absolute atomic E-state index is 0.0523. The van der Waals surface area contributed by atoms with E-state index in [1.54, 1.807) is 23.1 Å². The van der Waals surface area contributed by atoms with Gasteiger partial charge in [0.15, 0.2) is 0 Å². The second kappa shape index (κ2) is 5.61. The number of aryl methyl sites for hydroxylation is 1. The Hall–Kier alpha value is -2.23. The van der Waals surface area contributed by atoms with Crippen molar-refractivity contribution in [2.24, 2.45) is 0 Å². The second-order valence-corrected chi connectivity index (χ2v) is 4.49. The maximum Gasteiger partial charge on any atom is 0.261 e. The van der Waals surface area contributed by atoms with E-state index in [1.807, 2.05) is 26.0 Å². The van der Waals surface area contributed by atoms with Gasteiger partial charge in [0.05, 0.1) is 5.56 Å². The highest BCUT2D eigenvalue weighted by Gasteiger charge is 2.18. The maximum atomic E-state index is 12.5. The minimum Gasteiger partial charge on any atom is -0.469 e. The van der Waals surface area contributed by atoms with Gasteiger partial charge in [-0.1, -0.05) is 6.92 Å². The Morgan fingerprint density at radius 3 is 2.53 bits per heavy atom. The van der Waals surface area contributed by atoms with Gasteiger partial charge in [0, 0.05) is 17.9 Å². The Kier molecular flexibility index (Phi) is 3.90. The molecule has 0 radical (unpaired) electrons. The quantitative estimate of drug-likeness (QED) is 0.856. The molecule has 4 nitrogen and oxygen atoms in total. The Morgan fingerprint density at radius 1 is 1.32 bits per heavy atom. The summed E-state index contributed by atoms with van der Waals surface area (Å²) in [6.45, 7) is 4.52. The highest BCUT2D eigenvalue weighted by Crippen LogP contribution is 2.20. The van der Waals surface area contributed by atoms with Gasteiger partial charge in [-0.05, 0) is 43.7 Å². The van der Waals surface area contributed by atoms with Crippen molar-refractivity contribution in [2.45, 2.75) is 20.3 Å². The number of nitrogen functional groups attached to an aromatic ring is 1. The number of furan rings is 1. The van der Waals surface area contributed by atoms with Crippen molar-refractivity contribution in [1.29, 1.82) is 0 Å². The van der Waals surface area contributed by atoms with Crippen LogP contribution in [0.25, 0.3) is 0 Å². The van der Waals surface area contributed by atoms with E-state index < -0.39 is 0 Å². The summed E-state index contributed by atoms with van der Waals surface area (Å²) >= 11 is 0. The standard InChI is InChI=1S/C15H18N2O2/c1-3-8-17(14-6-4-13(16)5-7-14)15(18)12-9-11(2)19-10-12/h4-7,9-10H,3,8,16H2,1-2H3. The van der Waals surface area contributed by atoms with E-state index in [0.29, 0.717) is 17.8 Å². The van der Waals surface area contributed by atoms with Crippen LogP contribution in [0.15, 0.2) is 41.0 Å². The van der Waals surface area contributed by atoms with Gasteiger partial charge in [-0.3, -0.25) is 4.79 Å². The van der Waals surface area contributed by atoms with Crippen LogP contribution in [0.3, 0.4) is 0 Å². The van der Waals surface area contributed by atoms with Crippen molar-refractivity contribution in [3.05, 3.63) is 47.9 Å². The number of amides is 1. The van der Waals surface area contributed by atoms with Crippen LogP contribution in [0.5, 0.6) is 0 Å². The van der Waals surface area contributed by atoms with Gasteiger partial charge < -0.3 is 15.1 Å². The Morgan fingerprint density at radius 2 is 2.00 bits per heavy atom. The molecule has 1 amide bonds. The van der Waals surface area contributed by atoms with Crippen LogP contribution in [0, 0.1) is 6.92 Å². The Labute approximate surface area is 112 Å². The molecule has 4 heteroatoms. The first-order chi connectivity index (χ1) is 9.11. The van der Waals surface area contributed by atoms with Crippen molar-refractivity contribution in [2.75, 3.05) is 17.2 Å². The molecule has 0 aliphatic heterocycles. The van der Waals surface area contributed by atoms with Crippen LogP contribution in [-0.2, 0) is 0 Å². The molecular formula is C15H18N2O2. The van der Waals surface area contributed by atoms with E-state index in [2.05, 4.69) is 0 Å². The number of rotatable bonds is 4. The van der Waals surface area contributed by atoms with E-state index in [9.17, 15) is 4.79 Å². The third-order valence-electron chi connectivity index (χ3n) is 2.87. The van der Waals surface area contributed by atoms with E-state index >= 15 is 0 Å². The summed E-state index contributed by atoms with van der Waals surface area (Å²) in [5.74, 6) is 0.681. The SMILES string of the molecule is CCCN(C(=O)c1coc(C)c1)c1ccc(N)cc1. The number of benzene rings is 1. The zero-order valence-electron chi connectivity index (χ0n) is 11.2. The molecule has 1 heterocycles. The van der Waals surface area contributed by atoms with Gasteiger partial charge in [-0.25, -0.2) is 0 Å². The molecule has 0 atom stereocenters. The zero-order chi connectivity index (χ0) is 13.8. The molecular weight excluding hydrogens is 240 g/mol. The molecule has 0 fully saturated rings. The molecule has 0 aliphatic rings. The zero-order valence-corrected chi connectivity index (χ0v) is 11.2. The van der Waals surface area contributed by atoms with Crippen LogP contribution in [0.1, 0.15) is 29.5 Å². The predicted octanol–water partition coefficient (Wildman–Crippen LogP) is 3.23. The largest absolute Gasteiger partial charge is 0.469 e. The van der Waals surface area contributed by atoms with Gasteiger partial charge in [-0.2, -0.15) is 0 Å². The van der Waals surface area contributed by atoms with E-state index in [4.69, 9.17) is 10.2 Å². The molecule has 1 aromatic heterocycles. The van der Waals surface area contributed by atoms with Crippen LogP contribution in [0.2, 0.25) is 0 Å². The van der Waals surface area contributed by atoms with Crippen LogP contribution < -0.4 is 10.6 Å². The topological polar surface area (TPSA) is 59.5 Å². The van der Waals surface area contributed by atoms with Gasteiger partial charge in [0.2, 0.25) is 0 Å². The minimum atomic E-state index is -0.0523. The van der Waals surface area contributed by atoms with Crippen molar-refractivity contribution < 1.29 is 9.21 Å². The molecule has 0 aliphatic carbocycles. The third-order valence-corrected chi connectivity index (χ3v) is 2.87. The molecule has 2 aromatic rings. The average molecular weight is 258 g/mol. The van der Waals surface area contributed by atoms with Crippen molar-refractivity contribution in [3.8, 4) is 0 Å². The summed E-state index contributed by atoms with van der Waals surface area (Å²) in [4.78, 5) is 14.2. The van der Waals surface area contributed by atoms with Crippen molar-refractivity contribution >= 4 is 17.3 Å². The average Bonchev–Trinajstić information content (AvgIpc) is 2.83. The predicted molar refractivity (Wildman–Crippen MR) is 76.3 cm³/mol. The molecule has 1 aromatic carbocycles. The highest BCUT2D eigenvalue weighted by molar-refractivity contribution is 6.06. The lowest BCUT2D eigenvalue weighted by atomic mass is 10.2. The molecule has 0 saturated heterocycles. The molecule has 2 rings (SSSR count). The Balaban J connectivity index is 2.29. The number of carbonyl (C=O) groups excluding carboxylic acids is 1. The smallest absolute Gasteiger partial charge is 0.261 e. The van der Waals surface area contributed by atoms with E-state index in [-0.39, 0.29) is 5.91 Å². The number of hydrogen-bond donors (Lipinski definition) is 1. The van der Waals surface area contributed by atoms with Gasteiger partial charge in [0.1, 0.15) is 12.0 Å². The maximum absolute atomic E-state index is 12.5. The first-order valence-electron chi connectivity index (χ1n) is 6.34. The van der Waals surface area contributed by atoms with Gasteiger partial charge in [-0.15, -0.1) is 0 Å². The normalized spacial score (nSPS) is 10.4. The Bertz CT molecular complexity index is 558. The summed E-state index contributed by atoms with van der Waals surface area (Å²) in [5.41, 5.74) is 7.78. The molecule has 0 bridgehead atoms. The lowest BCUT2D eigenvalue weighted by Crippen LogP contribution is -2.31. The summed E-state index contributed by atoms with van der Waals surface area (Å²) in [6, 6.07) is 9.06. The van der Waals surface area contributed by atoms with Crippen LogP contribution in [-0.4, -0.2) is 12.5 Å². The first kappa shape index (κ1) is 13.2. The lowest BCUT2D eigenvalue weighted by molar-refractivity contribution is 0.0986. The van der Waals surface area contributed by atoms with Gasteiger partial charge >= 0.3 is 0 Å². The molecule has 100 valence electrons. The number of carbonyl (C=O) groups is 1. The summed E-state index contributed by atoms with van der Waals surface area (Å²) < 4.78 is 5.20. The summed E-state index contributed by atoms with van der Waals surface area (Å²) in [6.07, 6.45) is 2.38. The number of hydrogen-bond acceptors (Lipinski definition) is 3. The molecule has 0 spiro atoms. The fourth-order valence-electron chi connectivity index (χ4n) is 1.94. The highest BCUT2D eigenvalue weighted by atomic mass is 16.3. The number of anilines is 2. The van der Waals surface area contributed by atoms with Crippen LogP contribution >= 0.6 is 0 Å². The molecule has 0 unspecified atom stereocenters. The van der Waals surface area contributed by atoms with E-state index in [0.717, 1.165) is 17.9 Å². The second-order valence-electron chi connectivity index (χ2n) is 4.49. The first-order valence-corrected chi connectivity index (χ1v) is 6.34. The molecule has 19 heavy (non-hydrogen) atoms. The molecule has 2 N–H and O–H groups in total.